The number of nitrogens with zero attached hydrogens (tertiary/aromatic N) is 2. The van der Waals surface area contributed by atoms with E-state index < -0.39 is 5.97 Å². The molecule has 1 heterocycles. The Bertz CT molecular complexity index is 692. The molecule has 0 unspecified atom stereocenters. The number of hydrogen-bond acceptors (Lipinski definition) is 5. The van der Waals surface area contributed by atoms with Crippen molar-refractivity contribution in [3.05, 3.63) is 39.4 Å². The highest BCUT2D eigenvalue weighted by Crippen LogP contribution is 2.34. The van der Waals surface area contributed by atoms with Gasteiger partial charge in [-0.3, -0.25) is 0 Å². The van der Waals surface area contributed by atoms with Crippen molar-refractivity contribution in [3.63, 3.8) is 0 Å². The van der Waals surface area contributed by atoms with E-state index in [-0.39, 0.29) is 4.88 Å². The van der Waals surface area contributed by atoms with Gasteiger partial charge in [0.2, 0.25) is 0 Å². The second-order valence-corrected chi connectivity index (χ2v) is 6.28. The van der Waals surface area contributed by atoms with Crippen LogP contribution in [-0.2, 0) is 0 Å². The van der Waals surface area contributed by atoms with Gasteiger partial charge in [0.05, 0.1) is 16.3 Å². The molecule has 0 bridgehead atoms. The van der Waals surface area contributed by atoms with Gasteiger partial charge in [-0.05, 0) is 25.1 Å². The number of carboxylic acid groups (broad SMARTS) is 1. The van der Waals surface area contributed by atoms with Crippen LogP contribution in [0.25, 0.3) is 0 Å². The van der Waals surface area contributed by atoms with Crippen molar-refractivity contribution in [2.75, 3.05) is 0 Å². The molecule has 19 heavy (non-hydrogen) atoms. The summed E-state index contributed by atoms with van der Waals surface area (Å²) < 4.78 is 0.635. The third kappa shape index (κ3) is 3.07. The van der Waals surface area contributed by atoms with Gasteiger partial charge in [0.15, 0.2) is 4.34 Å². The van der Waals surface area contributed by atoms with Crippen LogP contribution in [0.3, 0.4) is 0 Å². The van der Waals surface area contributed by atoms with Gasteiger partial charge in [0.1, 0.15) is 10.9 Å². The minimum atomic E-state index is -0.972. The summed E-state index contributed by atoms with van der Waals surface area (Å²) in [7, 11) is 0. The monoisotopic (exact) mass is 310 g/mol. The van der Waals surface area contributed by atoms with Gasteiger partial charge >= 0.3 is 5.97 Å². The van der Waals surface area contributed by atoms with Crippen molar-refractivity contribution in [1.29, 1.82) is 5.26 Å². The lowest BCUT2D eigenvalue weighted by Gasteiger charge is -1.99. The van der Waals surface area contributed by atoms with Gasteiger partial charge < -0.3 is 5.11 Å². The second-order valence-electron chi connectivity index (χ2n) is 3.55. The number of hydrogen-bond donors (Lipinski definition) is 1. The van der Waals surface area contributed by atoms with Crippen LogP contribution in [0.5, 0.6) is 0 Å². The molecule has 0 spiro atoms. The van der Waals surface area contributed by atoms with Gasteiger partial charge in [0, 0.05) is 4.90 Å². The third-order valence-electron chi connectivity index (χ3n) is 2.24. The predicted octanol–water partition coefficient (Wildman–Crippen LogP) is 3.83. The van der Waals surface area contributed by atoms with Crippen molar-refractivity contribution in [2.45, 2.75) is 16.2 Å². The van der Waals surface area contributed by atoms with Crippen molar-refractivity contribution in [2.24, 2.45) is 0 Å². The smallest absolute Gasteiger partial charge is 0.347 e. The molecule has 0 saturated carbocycles. The maximum absolute atomic E-state index is 10.9. The molecule has 0 fully saturated rings. The summed E-state index contributed by atoms with van der Waals surface area (Å²) >= 11 is 8.38. The van der Waals surface area contributed by atoms with Crippen LogP contribution in [0.2, 0.25) is 5.02 Å². The lowest BCUT2D eigenvalue weighted by Crippen LogP contribution is -1.94. The Labute approximate surface area is 122 Å². The van der Waals surface area contributed by atoms with Crippen LogP contribution in [0.15, 0.2) is 27.4 Å². The number of benzene rings is 1. The maximum atomic E-state index is 10.9. The number of carboxylic acids is 1. The van der Waals surface area contributed by atoms with Crippen LogP contribution in [-0.4, -0.2) is 16.1 Å². The van der Waals surface area contributed by atoms with Gasteiger partial charge in [-0.15, -0.1) is 11.3 Å². The van der Waals surface area contributed by atoms with Crippen molar-refractivity contribution >= 4 is 40.7 Å². The van der Waals surface area contributed by atoms with Gasteiger partial charge in [-0.1, -0.05) is 23.4 Å². The first-order valence-corrected chi connectivity index (χ1v) is 7.10. The highest BCUT2D eigenvalue weighted by Gasteiger charge is 2.15. The highest BCUT2D eigenvalue weighted by molar-refractivity contribution is 8.01. The lowest BCUT2D eigenvalue weighted by molar-refractivity contribution is 0.0701. The second kappa shape index (κ2) is 5.61. The normalized spacial score (nSPS) is 10.2. The Morgan fingerprint density at radius 3 is 2.84 bits per heavy atom. The Morgan fingerprint density at radius 1 is 1.58 bits per heavy atom. The SMILES string of the molecule is Cc1nc(Sc2ccc(C#N)c(Cl)c2)sc1C(=O)O. The van der Waals surface area contributed by atoms with Gasteiger partial charge in [0.25, 0.3) is 0 Å². The number of aromatic nitrogens is 1. The van der Waals surface area contributed by atoms with Crippen molar-refractivity contribution in [1.82, 2.24) is 4.98 Å². The van der Waals surface area contributed by atoms with Crippen molar-refractivity contribution in [3.8, 4) is 6.07 Å². The Morgan fingerprint density at radius 2 is 2.32 bits per heavy atom. The molecule has 0 atom stereocenters. The number of nitriles is 1. The van der Waals surface area contributed by atoms with E-state index in [2.05, 4.69) is 4.98 Å². The fraction of sp³-hybridized carbons (Fsp3) is 0.0833. The third-order valence-corrected chi connectivity index (χ3v) is 4.75. The molecule has 2 rings (SSSR count). The number of aromatic carboxylic acids is 1. The van der Waals surface area contributed by atoms with Crippen LogP contribution in [0.1, 0.15) is 20.9 Å². The number of rotatable bonds is 3. The zero-order valence-electron chi connectivity index (χ0n) is 9.68. The van der Waals surface area contributed by atoms with E-state index in [1.165, 1.54) is 11.8 Å². The fourth-order valence-electron chi connectivity index (χ4n) is 1.36. The summed E-state index contributed by atoms with van der Waals surface area (Å²) in [6.07, 6.45) is 0. The molecule has 0 saturated heterocycles. The first-order valence-electron chi connectivity index (χ1n) is 5.09. The fourth-order valence-corrected chi connectivity index (χ4v) is 3.69. The highest BCUT2D eigenvalue weighted by atomic mass is 35.5. The average molecular weight is 311 g/mol. The van der Waals surface area contributed by atoms with E-state index in [0.717, 1.165) is 16.2 Å². The van der Waals surface area contributed by atoms with Crippen LogP contribution in [0.4, 0.5) is 0 Å². The molecule has 96 valence electrons. The first-order chi connectivity index (χ1) is 9.01. The molecule has 0 radical (unpaired) electrons. The minimum Gasteiger partial charge on any atom is -0.477 e. The van der Waals surface area contributed by atoms with E-state index in [0.29, 0.717) is 20.6 Å². The zero-order valence-corrected chi connectivity index (χ0v) is 12.1. The predicted molar refractivity (Wildman–Crippen MR) is 74.1 cm³/mol. The summed E-state index contributed by atoms with van der Waals surface area (Å²) in [5.74, 6) is -0.972. The molecule has 0 aliphatic carbocycles. The molecule has 4 nitrogen and oxygen atoms in total. The molecule has 1 aromatic carbocycles. The number of aryl methyl sites for hydroxylation is 1. The molecular weight excluding hydrogens is 304 g/mol. The first kappa shape index (κ1) is 13.9. The summed E-state index contributed by atoms with van der Waals surface area (Å²) in [5.41, 5.74) is 0.910. The standard InChI is InChI=1S/C12H7ClN2O2S2/c1-6-10(11(16)17)19-12(15-6)18-8-3-2-7(5-14)9(13)4-8/h2-4H,1H3,(H,16,17). The van der Waals surface area contributed by atoms with E-state index >= 15 is 0 Å². The Balaban J connectivity index is 2.27. The summed E-state index contributed by atoms with van der Waals surface area (Å²) in [5, 5.41) is 18.1. The number of carbonyl (C=O) groups is 1. The lowest BCUT2D eigenvalue weighted by atomic mass is 10.2. The Hall–Kier alpha value is -1.55. The number of thiazole rings is 1. The van der Waals surface area contributed by atoms with Crippen LogP contribution in [0, 0.1) is 18.3 Å². The summed E-state index contributed by atoms with van der Waals surface area (Å²) in [6, 6.07) is 7.04. The summed E-state index contributed by atoms with van der Waals surface area (Å²) in [4.78, 5) is 16.2. The van der Waals surface area contributed by atoms with E-state index in [1.54, 1.807) is 25.1 Å². The molecule has 1 aromatic heterocycles. The van der Waals surface area contributed by atoms with E-state index in [9.17, 15) is 4.79 Å². The molecule has 1 N–H and O–H groups in total. The Kier molecular flexibility index (Phi) is 4.10. The maximum Gasteiger partial charge on any atom is 0.347 e. The molecule has 0 aliphatic heterocycles. The molecule has 0 amide bonds. The van der Waals surface area contributed by atoms with Crippen LogP contribution < -0.4 is 0 Å². The topological polar surface area (TPSA) is 74.0 Å². The molecule has 2 aromatic rings. The quantitative estimate of drug-likeness (QED) is 0.932. The summed E-state index contributed by atoms with van der Waals surface area (Å²) in [6.45, 7) is 1.66. The van der Waals surface area contributed by atoms with Gasteiger partial charge in [-0.25, -0.2) is 9.78 Å². The van der Waals surface area contributed by atoms with Gasteiger partial charge in [-0.2, -0.15) is 5.26 Å². The van der Waals surface area contributed by atoms with Crippen LogP contribution >= 0.6 is 34.7 Å². The van der Waals surface area contributed by atoms with E-state index in [1.807, 2.05) is 6.07 Å². The van der Waals surface area contributed by atoms with E-state index in [4.69, 9.17) is 22.0 Å². The zero-order chi connectivity index (χ0) is 14.0. The molecule has 7 heteroatoms. The number of halogens is 1. The average Bonchev–Trinajstić information content (AvgIpc) is 2.70. The molecule has 0 aliphatic rings. The van der Waals surface area contributed by atoms with Crippen molar-refractivity contribution < 1.29 is 9.90 Å². The molecular formula is C12H7ClN2O2S2. The minimum absolute atomic E-state index is 0.238. The largest absolute Gasteiger partial charge is 0.477 e.